The molecule has 0 aliphatic carbocycles. The first-order valence-corrected chi connectivity index (χ1v) is 5.97. The van der Waals surface area contributed by atoms with E-state index in [-0.39, 0.29) is 22.8 Å². The minimum atomic E-state index is -0.578. The summed E-state index contributed by atoms with van der Waals surface area (Å²) < 4.78 is 20.2. The highest BCUT2D eigenvalue weighted by Gasteiger charge is 2.18. The van der Waals surface area contributed by atoms with Crippen molar-refractivity contribution >= 4 is 28.9 Å². The van der Waals surface area contributed by atoms with Gasteiger partial charge in [0.1, 0.15) is 28.7 Å². The second kappa shape index (κ2) is 5.66. The third kappa shape index (κ3) is 3.38. The van der Waals surface area contributed by atoms with Crippen molar-refractivity contribution in [2.45, 2.75) is 20.8 Å². The van der Waals surface area contributed by atoms with E-state index in [2.05, 4.69) is 0 Å². The van der Waals surface area contributed by atoms with Gasteiger partial charge in [0, 0.05) is 32.9 Å². The Kier molecular flexibility index (Phi) is 3.93. The molecule has 1 aromatic heterocycles. The first-order valence-electron chi connectivity index (χ1n) is 5.97. The third-order valence-electron chi connectivity index (χ3n) is 2.35. The maximum absolute atomic E-state index is 11.2. The zero-order valence-electron chi connectivity index (χ0n) is 11.6. The molecule has 1 aromatic carbocycles. The predicted octanol–water partition coefficient (Wildman–Crippen LogP) is 2.21. The quantitative estimate of drug-likeness (QED) is 0.632. The van der Waals surface area contributed by atoms with Crippen LogP contribution in [-0.2, 0) is 14.4 Å². The normalized spacial score (nSPS) is 10.2. The fourth-order valence-electron chi connectivity index (χ4n) is 1.77. The first-order chi connectivity index (χ1) is 9.86. The van der Waals surface area contributed by atoms with E-state index in [4.69, 9.17) is 18.6 Å². The molecule has 110 valence electrons. The molecule has 2 aromatic rings. The summed E-state index contributed by atoms with van der Waals surface area (Å²) in [5.74, 6) is -1.32. The van der Waals surface area contributed by atoms with Crippen LogP contribution < -0.4 is 14.2 Å². The van der Waals surface area contributed by atoms with Crippen molar-refractivity contribution in [2.24, 2.45) is 0 Å². The van der Waals surface area contributed by atoms with Crippen molar-refractivity contribution in [1.82, 2.24) is 0 Å². The highest BCUT2D eigenvalue weighted by molar-refractivity contribution is 5.95. The van der Waals surface area contributed by atoms with Gasteiger partial charge in [0.2, 0.25) is 0 Å². The van der Waals surface area contributed by atoms with E-state index in [1.165, 1.54) is 39.2 Å². The van der Waals surface area contributed by atoms with Crippen LogP contribution in [0.15, 0.2) is 22.8 Å². The molecule has 0 amide bonds. The van der Waals surface area contributed by atoms with E-state index in [1.54, 1.807) is 0 Å². The van der Waals surface area contributed by atoms with E-state index < -0.39 is 17.9 Å². The first kappa shape index (κ1) is 14.6. The lowest BCUT2D eigenvalue weighted by Crippen LogP contribution is -2.05. The average molecular weight is 292 g/mol. The summed E-state index contributed by atoms with van der Waals surface area (Å²) in [4.78, 5) is 33.2. The van der Waals surface area contributed by atoms with E-state index in [0.29, 0.717) is 5.39 Å². The van der Waals surface area contributed by atoms with Gasteiger partial charge >= 0.3 is 17.9 Å². The SMILES string of the molecule is CC(=O)Oc1cc(OC(C)=O)c2c(OC(C)=O)coc2c1. The smallest absolute Gasteiger partial charge is 0.308 e. The Hall–Kier alpha value is -2.83. The Morgan fingerprint density at radius 1 is 0.857 bits per heavy atom. The average Bonchev–Trinajstić information content (AvgIpc) is 2.69. The van der Waals surface area contributed by atoms with Gasteiger partial charge in [-0.3, -0.25) is 14.4 Å². The maximum atomic E-state index is 11.2. The number of hydrogen-bond acceptors (Lipinski definition) is 7. The van der Waals surface area contributed by atoms with E-state index in [9.17, 15) is 14.4 Å². The van der Waals surface area contributed by atoms with Crippen LogP contribution in [0, 0.1) is 0 Å². The summed E-state index contributed by atoms with van der Waals surface area (Å²) in [6.07, 6.45) is 1.20. The fourth-order valence-corrected chi connectivity index (χ4v) is 1.77. The number of carbonyl (C=O) groups is 3. The van der Waals surface area contributed by atoms with Gasteiger partial charge in [-0.2, -0.15) is 0 Å². The molecule has 0 fully saturated rings. The zero-order valence-corrected chi connectivity index (χ0v) is 11.6. The number of carbonyl (C=O) groups excluding carboxylic acids is 3. The van der Waals surface area contributed by atoms with Gasteiger partial charge in [0.05, 0.1) is 0 Å². The molecule has 1 heterocycles. The van der Waals surface area contributed by atoms with Crippen molar-refractivity contribution in [2.75, 3.05) is 0 Å². The van der Waals surface area contributed by atoms with Gasteiger partial charge < -0.3 is 18.6 Å². The topological polar surface area (TPSA) is 92.0 Å². The minimum absolute atomic E-state index is 0.0706. The number of hydrogen-bond donors (Lipinski definition) is 0. The second-order valence-corrected chi connectivity index (χ2v) is 4.18. The molecule has 7 nitrogen and oxygen atoms in total. The second-order valence-electron chi connectivity index (χ2n) is 4.18. The molecule has 0 atom stereocenters. The summed E-state index contributed by atoms with van der Waals surface area (Å²) in [7, 11) is 0. The van der Waals surface area contributed by atoms with Crippen LogP contribution >= 0.6 is 0 Å². The zero-order chi connectivity index (χ0) is 15.6. The van der Waals surface area contributed by atoms with Crippen molar-refractivity contribution in [3.63, 3.8) is 0 Å². The highest BCUT2D eigenvalue weighted by atomic mass is 16.6. The molecule has 2 rings (SSSR count). The maximum Gasteiger partial charge on any atom is 0.308 e. The monoisotopic (exact) mass is 292 g/mol. The molecule has 21 heavy (non-hydrogen) atoms. The summed E-state index contributed by atoms with van der Waals surface area (Å²) in [5, 5.41) is 0.302. The number of ether oxygens (including phenoxy) is 3. The molecule has 0 radical (unpaired) electrons. The summed E-state index contributed by atoms with van der Waals surface area (Å²) in [6, 6.07) is 2.77. The van der Waals surface area contributed by atoms with Gasteiger partial charge in [0.15, 0.2) is 5.75 Å². The van der Waals surface area contributed by atoms with Crippen molar-refractivity contribution in [3.8, 4) is 17.2 Å². The fraction of sp³-hybridized carbons (Fsp3) is 0.214. The van der Waals surface area contributed by atoms with Gasteiger partial charge in [-0.25, -0.2) is 0 Å². The lowest BCUT2D eigenvalue weighted by molar-refractivity contribution is -0.132. The Bertz CT molecular complexity index is 726. The van der Waals surface area contributed by atoms with Crippen LogP contribution in [0.4, 0.5) is 0 Å². The van der Waals surface area contributed by atoms with Crippen LogP contribution in [0.5, 0.6) is 17.2 Å². The molecular weight excluding hydrogens is 280 g/mol. The predicted molar refractivity (Wildman–Crippen MR) is 70.1 cm³/mol. The number of rotatable bonds is 3. The van der Waals surface area contributed by atoms with Crippen LogP contribution in [0.25, 0.3) is 11.0 Å². The van der Waals surface area contributed by atoms with Crippen LogP contribution in [0.3, 0.4) is 0 Å². The van der Waals surface area contributed by atoms with Crippen molar-refractivity contribution < 1.29 is 33.0 Å². The van der Waals surface area contributed by atoms with E-state index in [1.807, 2.05) is 0 Å². The molecule has 0 spiro atoms. The lowest BCUT2D eigenvalue weighted by Gasteiger charge is -2.07. The number of benzene rings is 1. The molecule has 0 aliphatic rings. The van der Waals surface area contributed by atoms with Gasteiger partial charge in [-0.1, -0.05) is 0 Å². The van der Waals surface area contributed by atoms with E-state index in [0.717, 1.165) is 0 Å². The van der Waals surface area contributed by atoms with Crippen LogP contribution in [0.1, 0.15) is 20.8 Å². The molecule has 0 bridgehead atoms. The van der Waals surface area contributed by atoms with Crippen LogP contribution in [0.2, 0.25) is 0 Å². The summed E-state index contributed by atoms with van der Waals surface area (Å²) >= 11 is 0. The molecule has 0 saturated heterocycles. The largest absolute Gasteiger partial charge is 0.460 e. The highest BCUT2D eigenvalue weighted by Crippen LogP contribution is 2.39. The molecule has 7 heteroatoms. The van der Waals surface area contributed by atoms with Gasteiger partial charge in [0.25, 0.3) is 0 Å². The molecule has 0 N–H and O–H groups in total. The number of esters is 3. The van der Waals surface area contributed by atoms with Crippen LogP contribution in [-0.4, -0.2) is 17.9 Å². The van der Waals surface area contributed by atoms with E-state index >= 15 is 0 Å². The van der Waals surface area contributed by atoms with Gasteiger partial charge in [-0.15, -0.1) is 0 Å². The minimum Gasteiger partial charge on any atom is -0.460 e. The number of fused-ring (bicyclic) bond motifs is 1. The third-order valence-corrected chi connectivity index (χ3v) is 2.35. The summed E-state index contributed by atoms with van der Waals surface area (Å²) in [5.41, 5.74) is 0.251. The molecule has 0 saturated carbocycles. The Morgan fingerprint density at radius 3 is 2.00 bits per heavy atom. The van der Waals surface area contributed by atoms with Crippen molar-refractivity contribution in [3.05, 3.63) is 18.4 Å². The Labute approximate surface area is 119 Å². The Morgan fingerprint density at radius 2 is 1.43 bits per heavy atom. The van der Waals surface area contributed by atoms with Crippen molar-refractivity contribution in [1.29, 1.82) is 0 Å². The molecule has 0 unspecified atom stereocenters. The standard InChI is InChI=1S/C14H12O7/c1-7(15)19-10-4-11-14(12(5-10)20-8(2)16)13(6-18-11)21-9(3)17/h4-6H,1-3H3. The van der Waals surface area contributed by atoms with Gasteiger partial charge in [-0.05, 0) is 0 Å². The molecular formula is C14H12O7. The Balaban J connectivity index is 2.58. The number of furan rings is 1. The summed E-state index contributed by atoms with van der Waals surface area (Å²) in [6.45, 7) is 3.69. The lowest BCUT2D eigenvalue weighted by atomic mass is 10.2. The molecule has 0 aliphatic heterocycles.